The summed E-state index contributed by atoms with van der Waals surface area (Å²) in [5, 5.41) is 3.52. The van der Waals surface area contributed by atoms with E-state index in [-0.39, 0.29) is 0 Å². The lowest BCUT2D eigenvalue weighted by Crippen LogP contribution is -2.35. The monoisotopic (exact) mass is 259 g/mol. The van der Waals surface area contributed by atoms with Crippen molar-refractivity contribution in [2.45, 2.75) is 32.2 Å². The minimum absolute atomic E-state index is 0.890. The first-order chi connectivity index (χ1) is 9.40. The van der Waals surface area contributed by atoms with E-state index in [2.05, 4.69) is 27.3 Å². The Balaban J connectivity index is 1.34. The Labute approximate surface area is 116 Å². The van der Waals surface area contributed by atoms with Gasteiger partial charge < -0.3 is 10.2 Å². The van der Waals surface area contributed by atoms with Crippen molar-refractivity contribution in [1.82, 2.24) is 15.2 Å². The van der Waals surface area contributed by atoms with Crippen LogP contribution < -0.4 is 5.32 Å². The number of nitrogens with zero attached hydrogens (tertiary/aromatic N) is 2. The van der Waals surface area contributed by atoms with Crippen molar-refractivity contribution < 1.29 is 0 Å². The van der Waals surface area contributed by atoms with Gasteiger partial charge in [-0.2, -0.15) is 0 Å². The fourth-order valence-corrected chi connectivity index (χ4v) is 2.54. The van der Waals surface area contributed by atoms with Gasteiger partial charge in [-0.05, 0) is 49.7 Å². The second-order valence-corrected chi connectivity index (χ2v) is 6.14. The zero-order valence-corrected chi connectivity index (χ0v) is 11.7. The number of hydrogen-bond acceptors (Lipinski definition) is 3. The minimum Gasteiger partial charge on any atom is -0.310 e. The molecule has 3 nitrogen and oxygen atoms in total. The van der Waals surface area contributed by atoms with Gasteiger partial charge in [0.1, 0.15) is 0 Å². The third-order valence-corrected chi connectivity index (χ3v) is 4.06. The molecular weight excluding hydrogens is 234 g/mol. The van der Waals surface area contributed by atoms with E-state index in [0.717, 1.165) is 30.6 Å². The molecule has 0 aromatic carbocycles. The molecule has 104 valence electrons. The van der Waals surface area contributed by atoms with Crippen molar-refractivity contribution >= 4 is 0 Å². The molecule has 0 atom stereocenters. The topological polar surface area (TPSA) is 28.2 Å². The van der Waals surface area contributed by atoms with E-state index in [0.29, 0.717) is 0 Å². The molecule has 0 saturated heterocycles. The van der Waals surface area contributed by atoms with Crippen molar-refractivity contribution in [3.05, 3.63) is 30.1 Å². The fourth-order valence-electron chi connectivity index (χ4n) is 2.54. The van der Waals surface area contributed by atoms with Crippen molar-refractivity contribution in [3.8, 4) is 0 Å². The van der Waals surface area contributed by atoms with Crippen molar-refractivity contribution in [2.24, 2.45) is 11.8 Å². The summed E-state index contributed by atoms with van der Waals surface area (Å²) < 4.78 is 0. The van der Waals surface area contributed by atoms with Crippen molar-refractivity contribution in [1.29, 1.82) is 0 Å². The third kappa shape index (κ3) is 4.92. The molecule has 3 rings (SSSR count). The molecule has 2 fully saturated rings. The number of rotatable bonds is 9. The zero-order valence-electron chi connectivity index (χ0n) is 11.7. The van der Waals surface area contributed by atoms with Gasteiger partial charge >= 0.3 is 0 Å². The second-order valence-electron chi connectivity index (χ2n) is 6.14. The Hall–Kier alpha value is -0.930. The van der Waals surface area contributed by atoms with Crippen LogP contribution in [0.4, 0.5) is 0 Å². The van der Waals surface area contributed by atoms with E-state index in [4.69, 9.17) is 0 Å². The average molecular weight is 259 g/mol. The van der Waals surface area contributed by atoms with Gasteiger partial charge in [0.15, 0.2) is 0 Å². The molecule has 3 heteroatoms. The Morgan fingerprint density at radius 1 is 1.11 bits per heavy atom. The van der Waals surface area contributed by atoms with E-state index in [9.17, 15) is 0 Å². The Bertz CT molecular complexity index is 357. The largest absolute Gasteiger partial charge is 0.310 e. The highest BCUT2D eigenvalue weighted by molar-refractivity contribution is 5.02. The average Bonchev–Trinajstić information content (AvgIpc) is 3.32. The number of aromatic nitrogens is 1. The van der Waals surface area contributed by atoms with Crippen LogP contribution in [0.2, 0.25) is 0 Å². The molecule has 0 radical (unpaired) electrons. The smallest absolute Gasteiger partial charge is 0.0541 e. The molecule has 2 aliphatic rings. The summed E-state index contributed by atoms with van der Waals surface area (Å²) in [4.78, 5) is 7.02. The first kappa shape index (κ1) is 13.1. The van der Waals surface area contributed by atoms with Crippen LogP contribution in [-0.4, -0.2) is 36.1 Å². The molecule has 1 heterocycles. The van der Waals surface area contributed by atoms with Crippen LogP contribution in [0.25, 0.3) is 0 Å². The highest BCUT2D eigenvalue weighted by atomic mass is 15.1. The lowest BCUT2D eigenvalue weighted by molar-refractivity contribution is 0.252. The molecule has 0 aliphatic heterocycles. The summed E-state index contributed by atoms with van der Waals surface area (Å²) >= 11 is 0. The van der Waals surface area contributed by atoms with Crippen LogP contribution >= 0.6 is 0 Å². The highest BCUT2D eigenvalue weighted by Crippen LogP contribution is 2.33. The zero-order chi connectivity index (χ0) is 12.9. The Morgan fingerprint density at radius 2 is 1.84 bits per heavy atom. The molecule has 1 aromatic heterocycles. The normalized spacial score (nSPS) is 19.0. The Kier molecular flexibility index (Phi) is 4.46. The molecule has 1 N–H and O–H groups in total. The number of pyridine rings is 1. The molecule has 2 saturated carbocycles. The maximum Gasteiger partial charge on any atom is 0.0541 e. The number of nitrogens with one attached hydrogen (secondary N) is 1. The van der Waals surface area contributed by atoms with Crippen LogP contribution in [-0.2, 0) is 6.54 Å². The predicted octanol–water partition coefficient (Wildman–Crippen LogP) is 2.29. The first-order valence-corrected chi connectivity index (χ1v) is 7.73. The van der Waals surface area contributed by atoms with Crippen molar-refractivity contribution in [3.63, 3.8) is 0 Å². The van der Waals surface area contributed by atoms with Gasteiger partial charge in [0, 0.05) is 38.9 Å². The summed E-state index contributed by atoms with van der Waals surface area (Å²) in [6.07, 6.45) is 7.71. The predicted molar refractivity (Wildman–Crippen MR) is 77.8 cm³/mol. The summed E-state index contributed by atoms with van der Waals surface area (Å²) in [5.74, 6) is 2.02. The van der Waals surface area contributed by atoms with E-state index in [1.807, 2.05) is 12.3 Å². The van der Waals surface area contributed by atoms with Crippen LogP contribution in [0.15, 0.2) is 24.4 Å². The summed E-state index contributed by atoms with van der Waals surface area (Å²) in [6.45, 7) is 5.83. The molecule has 2 aliphatic carbocycles. The first-order valence-electron chi connectivity index (χ1n) is 7.73. The highest BCUT2D eigenvalue weighted by Gasteiger charge is 2.28. The van der Waals surface area contributed by atoms with Crippen molar-refractivity contribution in [2.75, 3.05) is 26.2 Å². The van der Waals surface area contributed by atoms with E-state index in [1.54, 1.807) is 0 Å². The van der Waals surface area contributed by atoms with Gasteiger partial charge in [0.05, 0.1) is 5.69 Å². The van der Waals surface area contributed by atoms with Crippen LogP contribution in [0.1, 0.15) is 31.4 Å². The minimum atomic E-state index is 0.890. The molecule has 19 heavy (non-hydrogen) atoms. The van der Waals surface area contributed by atoms with Crippen LogP contribution in [0.3, 0.4) is 0 Å². The fraction of sp³-hybridized carbons (Fsp3) is 0.688. The summed E-state index contributed by atoms with van der Waals surface area (Å²) in [7, 11) is 0. The summed E-state index contributed by atoms with van der Waals surface area (Å²) in [6, 6.07) is 6.10. The van der Waals surface area contributed by atoms with Crippen LogP contribution in [0.5, 0.6) is 0 Å². The second kappa shape index (κ2) is 6.49. The SMILES string of the molecule is c1ccc(CNCCN(CC2CC2)CC2CC2)nc1. The molecule has 1 aromatic rings. The van der Waals surface area contributed by atoms with Gasteiger partial charge in [-0.1, -0.05) is 6.07 Å². The van der Waals surface area contributed by atoms with E-state index >= 15 is 0 Å². The molecule has 0 amide bonds. The quantitative estimate of drug-likeness (QED) is 0.690. The van der Waals surface area contributed by atoms with Gasteiger partial charge in [0.2, 0.25) is 0 Å². The maximum atomic E-state index is 4.34. The lowest BCUT2D eigenvalue weighted by atomic mass is 10.3. The van der Waals surface area contributed by atoms with E-state index in [1.165, 1.54) is 45.3 Å². The third-order valence-electron chi connectivity index (χ3n) is 4.06. The van der Waals surface area contributed by atoms with E-state index < -0.39 is 0 Å². The number of hydrogen-bond donors (Lipinski definition) is 1. The van der Waals surface area contributed by atoms with Gasteiger partial charge in [-0.3, -0.25) is 4.98 Å². The molecule has 0 spiro atoms. The lowest BCUT2D eigenvalue weighted by Gasteiger charge is -2.22. The Morgan fingerprint density at radius 3 is 2.42 bits per heavy atom. The van der Waals surface area contributed by atoms with Gasteiger partial charge in [-0.15, -0.1) is 0 Å². The molecular formula is C16H25N3. The van der Waals surface area contributed by atoms with Gasteiger partial charge in [0.25, 0.3) is 0 Å². The summed E-state index contributed by atoms with van der Waals surface area (Å²) in [5.41, 5.74) is 1.14. The molecule has 0 bridgehead atoms. The standard InChI is InChI=1S/C16H25N3/c1-2-8-18-16(3-1)11-17-9-10-19(12-14-4-5-14)13-15-6-7-15/h1-3,8,14-15,17H,4-7,9-13H2. The van der Waals surface area contributed by atoms with Crippen LogP contribution in [0, 0.1) is 11.8 Å². The maximum absolute atomic E-state index is 4.34. The molecule has 0 unspecified atom stereocenters. The van der Waals surface area contributed by atoms with Gasteiger partial charge in [-0.25, -0.2) is 0 Å².